The van der Waals surface area contributed by atoms with E-state index in [0.717, 1.165) is 5.56 Å². The third-order valence-electron chi connectivity index (χ3n) is 4.53. The van der Waals surface area contributed by atoms with Crippen LogP contribution in [0.4, 0.5) is 0 Å². The van der Waals surface area contributed by atoms with Gasteiger partial charge in [-0.25, -0.2) is 4.68 Å². The summed E-state index contributed by atoms with van der Waals surface area (Å²) >= 11 is 12.4. The molecular weight excluding hydrogens is 413 g/mol. The molecule has 1 unspecified atom stereocenters. The van der Waals surface area contributed by atoms with Crippen LogP contribution in [-0.4, -0.2) is 32.4 Å². The molecule has 1 atom stereocenters. The Bertz CT molecular complexity index is 1100. The number of aliphatic imine (C=N–C) groups is 1. The van der Waals surface area contributed by atoms with E-state index in [1.165, 1.54) is 11.6 Å². The molecule has 0 fully saturated rings. The van der Waals surface area contributed by atoms with Crippen LogP contribution < -0.4 is 5.56 Å². The minimum absolute atomic E-state index is 0.0399. The van der Waals surface area contributed by atoms with Gasteiger partial charge >= 0.3 is 5.97 Å². The van der Waals surface area contributed by atoms with Crippen molar-refractivity contribution in [2.45, 2.75) is 19.4 Å². The quantitative estimate of drug-likeness (QED) is 0.433. The summed E-state index contributed by atoms with van der Waals surface area (Å²) in [6, 6.07) is 16.3. The first-order chi connectivity index (χ1) is 13.9. The molecule has 0 aliphatic carbocycles. The van der Waals surface area contributed by atoms with Gasteiger partial charge in [0.25, 0.3) is 5.56 Å². The summed E-state index contributed by atoms with van der Waals surface area (Å²) in [4.78, 5) is 29.4. The zero-order valence-corrected chi connectivity index (χ0v) is 17.1. The number of halogens is 2. The average molecular weight is 432 g/mol. The van der Waals surface area contributed by atoms with Gasteiger partial charge in [-0.3, -0.25) is 19.7 Å². The standard InChI is InChI=1S/C21H19Cl2N3O3/c1-13(21(28)29)19-18(16(11-22)24-12-14-7-3-2-4-8-14)20(27)26(25-19)17-10-6-5-9-15(17)23/h2-10,13,25H,11-12H2,1H3,(H,28,29). The lowest BCUT2D eigenvalue weighted by molar-refractivity contribution is -0.138. The number of hydrogen-bond acceptors (Lipinski definition) is 3. The van der Waals surface area contributed by atoms with Crippen LogP contribution in [0.5, 0.6) is 0 Å². The summed E-state index contributed by atoms with van der Waals surface area (Å²) in [5.74, 6) is -2.08. The molecule has 2 aromatic carbocycles. The average Bonchev–Trinajstić information content (AvgIpc) is 3.06. The van der Waals surface area contributed by atoms with Crippen molar-refractivity contribution >= 4 is 34.9 Å². The van der Waals surface area contributed by atoms with Crippen LogP contribution in [0.25, 0.3) is 5.69 Å². The highest BCUT2D eigenvalue weighted by Gasteiger charge is 2.27. The number of H-pyrrole nitrogens is 1. The van der Waals surface area contributed by atoms with Crippen LogP contribution in [0.1, 0.15) is 29.7 Å². The van der Waals surface area contributed by atoms with E-state index in [9.17, 15) is 14.7 Å². The van der Waals surface area contributed by atoms with Gasteiger partial charge < -0.3 is 5.11 Å². The summed E-state index contributed by atoms with van der Waals surface area (Å²) in [6.07, 6.45) is 0. The number of para-hydroxylation sites is 1. The number of hydrogen-bond donors (Lipinski definition) is 2. The van der Waals surface area contributed by atoms with Gasteiger partial charge in [0.05, 0.1) is 46.0 Å². The van der Waals surface area contributed by atoms with Crippen LogP contribution in [0.2, 0.25) is 5.02 Å². The number of nitrogens with one attached hydrogen (secondary N) is 1. The van der Waals surface area contributed by atoms with E-state index < -0.39 is 17.4 Å². The minimum atomic E-state index is -1.07. The van der Waals surface area contributed by atoms with Gasteiger partial charge in [-0.15, -0.1) is 11.6 Å². The van der Waals surface area contributed by atoms with Crippen molar-refractivity contribution in [3.63, 3.8) is 0 Å². The highest BCUT2D eigenvalue weighted by molar-refractivity contribution is 6.32. The lowest BCUT2D eigenvalue weighted by Crippen LogP contribution is -2.23. The van der Waals surface area contributed by atoms with Crippen LogP contribution in [0.15, 0.2) is 64.4 Å². The predicted molar refractivity (Wildman–Crippen MR) is 115 cm³/mol. The highest BCUT2D eigenvalue weighted by Crippen LogP contribution is 2.22. The third-order valence-corrected chi connectivity index (χ3v) is 5.10. The Hall–Kier alpha value is -2.83. The summed E-state index contributed by atoms with van der Waals surface area (Å²) in [5, 5.41) is 12.8. The fourth-order valence-electron chi connectivity index (χ4n) is 2.93. The third kappa shape index (κ3) is 4.44. The summed E-state index contributed by atoms with van der Waals surface area (Å²) < 4.78 is 1.23. The van der Waals surface area contributed by atoms with E-state index in [-0.39, 0.29) is 17.1 Å². The molecule has 29 heavy (non-hydrogen) atoms. The Morgan fingerprint density at radius 3 is 2.45 bits per heavy atom. The number of aliphatic carboxylic acids is 1. The molecule has 0 aliphatic rings. The van der Waals surface area contributed by atoms with Crippen LogP contribution in [0, 0.1) is 0 Å². The molecule has 3 rings (SSSR count). The first-order valence-corrected chi connectivity index (χ1v) is 9.81. The van der Waals surface area contributed by atoms with Crippen LogP contribution >= 0.6 is 23.2 Å². The van der Waals surface area contributed by atoms with Gasteiger partial charge in [0.15, 0.2) is 0 Å². The van der Waals surface area contributed by atoms with Crippen molar-refractivity contribution in [2.24, 2.45) is 4.99 Å². The van der Waals surface area contributed by atoms with Crippen molar-refractivity contribution in [3.05, 3.63) is 86.8 Å². The number of rotatable bonds is 7. The minimum Gasteiger partial charge on any atom is -0.481 e. The first kappa shape index (κ1) is 20.9. The lowest BCUT2D eigenvalue weighted by Gasteiger charge is -2.08. The maximum Gasteiger partial charge on any atom is 0.312 e. The van der Waals surface area contributed by atoms with E-state index in [1.807, 2.05) is 30.3 Å². The van der Waals surface area contributed by atoms with E-state index in [0.29, 0.717) is 23.0 Å². The molecule has 1 heterocycles. The van der Waals surface area contributed by atoms with Crippen molar-refractivity contribution in [3.8, 4) is 5.69 Å². The van der Waals surface area contributed by atoms with Crippen molar-refractivity contribution < 1.29 is 9.90 Å². The molecule has 150 valence electrons. The number of nitrogens with zero attached hydrogens (tertiary/aromatic N) is 2. The smallest absolute Gasteiger partial charge is 0.312 e. The number of carbonyl (C=O) groups is 1. The van der Waals surface area contributed by atoms with Crippen LogP contribution in [-0.2, 0) is 11.3 Å². The normalized spacial score (nSPS) is 12.7. The monoisotopic (exact) mass is 431 g/mol. The number of carboxylic acid groups (broad SMARTS) is 1. The van der Waals surface area contributed by atoms with E-state index in [1.54, 1.807) is 24.3 Å². The molecule has 2 N–H and O–H groups in total. The summed E-state index contributed by atoms with van der Waals surface area (Å²) in [6.45, 7) is 1.82. The number of alkyl halides is 1. The van der Waals surface area contributed by atoms with Gasteiger partial charge in [0, 0.05) is 0 Å². The van der Waals surface area contributed by atoms with Crippen molar-refractivity contribution in [1.82, 2.24) is 9.78 Å². The molecule has 0 radical (unpaired) electrons. The Labute approximate surface area is 177 Å². The molecule has 0 bridgehead atoms. The van der Waals surface area contributed by atoms with Crippen LogP contribution in [0.3, 0.4) is 0 Å². The largest absolute Gasteiger partial charge is 0.481 e. The second-order valence-electron chi connectivity index (χ2n) is 6.43. The van der Waals surface area contributed by atoms with Gasteiger partial charge in [-0.1, -0.05) is 54.1 Å². The molecule has 0 saturated carbocycles. The maximum atomic E-state index is 13.2. The van der Waals surface area contributed by atoms with Gasteiger partial charge in [0.2, 0.25) is 0 Å². The number of aromatic amines is 1. The van der Waals surface area contributed by atoms with Crippen molar-refractivity contribution in [2.75, 3.05) is 5.88 Å². The first-order valence-electron chi connectivity index (χ1n) is 8.90. The molecule has 0 amide bonds. The molecule has 1 aromatic heterocycles. The van der Waals surface area contributed by atoms with Crippen molar-refractivity contribution in [1.29, 1.82) is 0 Å². The SMILES string of the molecule is CC(C(=O)O)c1[nH]n(-c2ccccc2Cl)c(=O)c1C(CCl)=NCc1ccccc1. The molecule has 0 spiro atoms. The lowest BCUT2D eigenvalue weighted by atomic mass is 10.0. The fraction of sp³-hybridized carbons (Fsp3) is 0.190. The second-order valence-corrected chi connectivity index (χ2v) is 7.11. The Balaban J connectivity index is 2.16. The zero-order valence-electron chi connectivity index (χ0n) is 15.6. The van der Waals surface area contributed by atoms with E-state index in [4.69, 9.17) is 23.2 Å². The number of benzene rings is 2. The molecule has 8 heteroatoms. The molecule has 0 saturated heterocycles. The molecule has 6 nitrogen and oxygen atoms in total. The molecular formula is C21H19Cl2N3O3. The number of carboxylic acids is 1. The summed E-state index contributed by atoms with van der Waals surface area (Å²) in [7, 11) is 0. The predicted octanol–water partition coefficient (Wildman–Crippen LogP) is 4.24. The Morgan fingerprint density at radius 1 is 1.17 bits per heavy atom. The number of aromatic nitrogens is 2. The van der Waals surface area contributed by atoms with Gasteiger partial charge in [-0.2, -0.15) is 0 Å². The second kappa shape index (κ2) is 9.11. The Kier molecular flexibility index (Phi) is 6.56. The van der Waals surface area contributed by atoms with Gasteiger partial charge in [-0.05, 0) is 24.6 Å². The highest BCUT2D eigenvalue weighted by atomic mass is 35.5. The topological polar surface area (TPSA) is 87.5 Å². The van der Waals surface area contributed by atoms with Gasteiger partial charge in [0.1, 0.15) is 0 Å². The van der Waals surface area contributed by atoms with E-state index in [2.05, 4.69) is 10.1 Å². The maximum absolute atomic E-state index is 13.2. The zero-order chi connectivity index (χ0) is 21.0. The van der Waals surface area contributed by atoms with E-state index >= 15 is 0 Å². The molecule has 3 aromatic rings. The molecule has 0 aliphatic heterocycles. The fourth-order valence-corrected chi connectivity index (χ4v) is 3.37. The summed E-state index contributed by atoms with van der Waals surface area (Å²) in [5.41, 5.74) is 1.63. The Morgan fingerprint density at radius 2 is 1.83 bits per heavy atom.